The van der Waals surface area contributed by atoms with Crippen LogP contribution >= 0.6 is 0 Å². The second kappa shape index (κ2) is 10.8. The zero-order valence-electron chi connectivity index (χ0n) is 18.6. The van der Waals surface area contributed by atoms with Gasteiger partial charge in [0.2, 0.25) is 21.8 Å². The number of rotatable bonds is 8. The van der Waals surface area contributed by atoms with Crippen LogP contribution in [-0.2, 0) is 26.2 Å². The van der Waals surface area contributed by atoms with E-state index in [-0.39, 0.29) is 35.7 Å². The monoisotopic (exact) mass is 477 g/mol. The van der Waals surface area contributed by atoms with Crippen LogP contribution in [0.4, 0.5) is 4.39 Å². The molecule has 0 saturated carbocycles. The summed E-state index contributed by atoms with van der Waals surface area (Å²) in [5.74, 6) is -0.758. The van der Waals surface area contributed by atoms with Crippen LogP contribution in [0.25, 0.3) is 0 Å². The first-order valence-corrected chi connectivity index (χ1v) is 12.1. The van der Waals surface area contributed by atoms with Crippen molar-refractivity contribution in [2.45, 2.75) is 37.2 Å². The lowest BCUT2D eigenvalue weighted by Gasteiger charge is -2.31. The number of carbonyl (C=O) groups excluding carboxylic acids is 2. The molecule has 2 aromatic rings. The lowest BCUT2D eigenvalue weighted by Crippen LogP contribution is -2.49. The maximum atomic E-state index is 13.1. The molecule has 10 heteroatoms. The summed E-state index contributed by atoms with van der Waals surface area (Å²) in [5, 5.41) is 5.50. The highest BCUT2D eigenvalue weighted by Gasteiger charge is 2.32. The number of hydrogen-bond acceptors (Lipinski definition) is 5. The molecule has 0 radical (unpaired) electrons. The van der Waals surface area contributed by atoms with E-state index in [0.717, 1.165) is 23.4 Å². The first kappa shape index (κ1) is 24.7. The molecule has 2 aromatic carbocycles. The quantitative estimate of drug-likeness (QED) is 0.606. The molecule has 0 unspecified atom stereocenters. The zero-order valence-corrected chi connectivity index (χ0v) is 19.4. The van der Waals surface area contributed by atoms with Gasteiger partial charge in [-0.25, -0.2) is 12.8 Å². The summed E-state index contributed by atoms with van der Waals surface area (Å²) in [6.45, 7) is 2.28. The number of nitrogens with zero attached hydrogens (tertiary/aromatic N) is 1. The third kappa shape index (κ3) is 6.29. The number of amides is 2. The van der Waals surface area contributed by atoms with Crippen LogP contribution in [0.3, 0.4) is 0 Å². The number of halogens is 1. The number of benzene rings is 2. The third-order valence-electron chi connectivity index (χ3n) is 5.65. The highest BCUT2D eigenvalue weighted by molar-refractivity contribution is 7.89. The molecule has 2 amide bonds. The fourth-order valence-corrected chi connectivity index (χ4v) is 5.07. The molecule has 33 heavy (non-hydrogen) atoms. The molecule has 1 aliphatic heterocycles. The molecule has 0 bridgehead atoms. The second-order valence-corrected chi connectivity index (χ2v) is 9.87. The number of carbonyl (C=O) groups is 2. The average Bonchev–Trinajstić information content (AvgIpc) is 2.83. The molecule has 8 nitrogen and oxygen atoms in total. The standard InChI is InChI=1S/C23H28FN3O5S/c1-16(22(28)25-15-17-3-7-20(32-2)8-4-17)26-23(29)18-11-13-27(14-12-18)33(30,31)21-9-5-19(24)6-10-21/h3-10,16,18H,11-15H2,1-2H3,(H,25,28)(H,26,29)/t16-/m1/s1. The van der Waals surface area contributed by atoms with E-state index in [9.17, 15) is 22.4 Å². The average molecular weight is 478 g/mol. The van der Waals surface area contributed by atoms with Gasteiger partial charge in [0.1, 0.15) is 17.6 Å². The van der Waals surface area contributed by atoms with Gasteiger partial charge in [0, 0.05) is 25.6 Å². The van der Waals surface area contributed by atoms with Gasteiger partial charge in [-0.1, -0.05) is 12.1 Å². The van der Waals surface area contributed by atoms with Crippen LogP contribution in [0, 0.1) is 11.7 Å². The Kier molecular flexibility index (Phi) is 8.04. The topological polar surface area (TPSA) is 105 Å². The van der Waals surface area contributed by atoms with Crippen LogP contribution in [0.5, 0.6) is 5.75 Å². The van der Waals surface area contributed by atoms with Crippen LogP contribution in [0.2, 0.25) is 0 Å². The van der Waals surface area contributed by atoms with E-state index in [4.69, 9.17) is 4.74 Å². The number of piperidine rings is 1. The molecule has 3 rings (SSSR count). The summed E-state index contributed by atoms with van der Waals surface area (Å²) in [6, 6.07) is 11.2. The van der Waals surface area contributed by atoms with Crippen molar-refractivity contribution in [3.8, 4) is 5.75 Å². The van der Waals surface area contributed by atoms with Crippen molar-refractivity contribution < 1.29 is 27.1 Å². The van der Waals surface area contributed by atoms with Crippen LogP contribution < -0.4 is 15.4 Å². The highest BCUT2D eigenvalue weighted by Crippen LogP contribution is 2.24. The predicted molar refractivity (Wildman–Crippen MR) is 120 cm³/mol. The fraction of sp³-hybridized carbons (Fsp3) is 0.391. The molecule has 1 atom stereocenters. The number of nitrogens with one attached hydrogen (secondary N) is 2. The summed E-state index contributed by atoms with van der Waals surface area (Å²) >= 11 is 0. The first-order valence-electron chi connectivity index (χ1n) is 10.7. The third-order valence-corrected chi connectivity index (χ3v) is 7.57. The minimum Gasteiger partial charge on any atom is -0.497 e. The minimum atomic E-state index is -3.74. The lowest BCUT2D eigenvalue weighted by atomic mass is 9.97. The van der Waals surface area contributed by atoms with Gasteiger partial charge in [0.05, 0.1) is 12.0 Å². The molecule has 178 valence electrons. The minimum absolute atomic E-state index is 0.0222. The smallest absolute Gasteiger partial charge is 0.243 e. The maximum absolute atomic E-state index is 13.1. The van der Waals surface area contributed by atoms with Gasteiger partial charge in [0.25, 0.3) is 0 Å². The van der Waals surface area contributed by atoms with Gasteiger partial charge >= 0.3 is 0 Å². The second-order valence-electron chi connectivity index (χ2n) is 7.93. The summed E-state index contributed by atoms with van der Waals surface area (Å²) in [6.07, 6.45) is 0.679. The van der Waals surface area contributed by atoms with E-state index in [2.05, 4.69) is 10.6 Å². The Hall–Kier alpha value is -2.98. The SMILES string of the molecule is COc1ccc(CNC(=O)[C@@H](C)NC(=O)C2CCN(S(=O)(=O)c3ccc(F)cc3)CC2)cc1. The van der Waals surface area contributed by atoms with Crippen molar-refractivity contribution in [2.24, 2.45) is 5.92 Å². The molecule has 0 aromatic heterocycles. The van der Waals surface area contributed by atoms with Crippen LogP contribution in [0.1, 0.15) is 25.3 Å². The molecule has 2 N–H and O–H groups in total. The number of methoxy groups -OCH3 is 1. The number of ether oxygens (including phenoxy) is 1. The van der Waals surface area contributed by atoms with Crippen molar-refractivity contribution in [3.63, 3.8) is 0 Å². The Labute approximate surface area is 193 Å². The first-order chi connectivity index (χ1) is 15.7. The lowest BCUT2D eigenvalue weighted by molar-refractivity contribution is -0.131. The van der Waals surface area contributed by atoms with Crippen molar-refractivity contribution in [1.82, 2.24) is 14.9 Å². The Morgan fingerprint density at radius 1 is 1.09 bits per heavy atom. The van der Waals surface area contributed by atoms with E-state index in [0.29, 0.717) is 19.4 Å². The summed E-state index contributed by atoms with van der Waals surface area (Å²) in [4.78, 5) is 25.0. The van der Waals surface area contributed by atoms with Crippen LogP contribution in [0.15, 0.2) is 53.4 Å². The van der Waals surface area contributed by atoms with Gasteiger partial charge in [0.15, 0.2) is 0 Å². The summed E-state index contributed by atoms with van der Waals surface area (Å²) in [5.41, 5.74) is 0.900. The van der Waals surface area contributed by atoms with Gasteiger partial charge in [-0.15, -0.1) is 0 Å². The van der Waals surface area contributed by atoms with Crippen molar-refractivity contribution in [3.05, 3.63) is 59.9 Å². The Morgan fingerprint density at radius 2 is 1.70 bits per heavy atom. The molecule has 1 heterocycles. The van der Waals surface area contributed by atoms with Crippen molar-refractivity contribution in [1.29, 1.82) is 0 Å². The summed E-state index contributed by atoms with van der Waals surface area (Å²) in [7, 11) is -2.16. The van der Waals surface area contributed by atoms with Crippen molar-refractivity contribution >= 4 is 21.8 Å². The van der Waals surface area contributed by atoms with E-state index in [1.54, 1.807) is 26.2 Å². The van der Waals surface area contributed by atoms with Crippen molar-refractivity contribution in [2.75, 3.05) is 20.2 Å². The Morgan fingerprint density at radius 3 is 2.27 bits per heavy atom. The number of hydrogen-bond donors (Lipinski definition) is 2. The predicted octanol–water partition coefficient (Wildman–Crippen LogP) is 2.06. The van der Waals surface area contributed by atoms with Gasteiger partial charge in [-0.3, -0.25) is 9.59 Å². The van der Waals surface area contributed by atoms with E-state index >= 15 is 0 Å². The van der Waals surface area contributed by atoms with Gasteiger partial charge < -0.3 is 15.4 Å². The fourth-order valence-electron chi connectivity index (χ4n) is 3.60. The van der Waals surface area contributed by atoms with Gasteiger partial charge in [-0.05, 0) is 61.7 Å². The normalized spacial score (nSPS) is 16.1. The van der Waals surface area contributed by atoms with Gasteiger partial charge in [-0.2, -0.15) is 4.31 Å². The molecule has 1 saturated heterocycles. The molecular weight excluding hydrogens is 449 g/mol. The van der Waals surface area contributed by atoms with Crippen LogP contribution in [-0.4, -0.2) is 50.8 Å². The maximum Gasteiger partial charge on any atom is 0.243 e. The zero-order chi connectivity index (χ0) is 24.0. The number of sulfonamides is 1. The molecule has 1 aliphatic rings. The van der Waals surface area contributed by atoms with E-state index < -0.39 is 21.9 Å². The Bertz CT molecular complexity index is 1070. The molecule has 1 fully saturated rings. The highest BCUT2D eigenvalue weighted by atomic mass is 32.2. The van der Waals surface area contributed by atoms with E-state index in [1.165, 1.54) is 16.4 Å². The largest absolute Gasteiger partial charge is 0.497 e. The van der Waals surface area contributed by atoms with E-state index in [1.807, 2.05) is 12.1 Å². The Balaban J connectivity index is 1.46. The molecule has 0 spiro atoms. The molecule has 0 aliphatic carbocycles. The summed E-state index contributed by atoms with van der Waals surface area (Å²) < 4.78 is 44.9. The molecular formula is C23H28FN3O5S.